The molecule has 0 saturated carbocycles. The standard InChI is InChI=1S/C22H20F3N3O2/c1-3-9-28-11-17-18(21(28)29)19(26)15-6-4-5-14(20(15)27-17)13-8-7-12(30-2)10-16(13)22(23,24)25/h4-8,10-11,29H,3,9,26H2,1-2H3. The number of benzene rings is 2. The number of halogens is 3. The van der Waals surface area contributed by atoms with Gasteiger partial charge in [-0.1, -0.05) is 31.2 Å². The van der Waals surface area contributed by atoms with Gasteiger partial charge in [-0.25, -0.2) is 4.98 Å². The molecule has 0 saturated heterocycles. The lowest BCUT2D eigenvalue weighted by molar-refractivity contribution is -0.137. The van der Waals surface area contributed by atoms with Crippen LogP contribution in [0.5, 0.6) is 11.6 Å². The topological polar surface area (TPSA) is 73.3 Å². The summed E-state index contributed by atoms with van der Waals surface area (Å²) in [6, 6.07) is 8.73. The molecule has 0 aliphatic rings. The molecular formula is C22H20F3N3O2. The second kappa shape index (κ2) is 7.12. The molecule has 8 heteroatoms. The van der Waals surface area contributed by atoms with E-state index in [0.717, 1.165) is 12.5 Å². The minimum atomic E-state index is -4.58. The van der Waals surface area contributed by atoms with Gasteiger partial charge >= 0.3 is 6.18 Å². The lowest BCUT2D eigenvalue weighted by Crippen LogP contribution is -2.08. The molecule has 2 heterocycles. The molecule has 0 atom stereocenters. The molecule has 30 heavy (non-hydrogen) atoms. The van der Waals surface area contributed by atoms with E-state index in [-0.39, 0.29) is 22.9 Å². The molecule has 2 aromatic heterocycles. The first-order valence-corrected chi connectivity index (χ1v) is 9.41. The van der Waals surface area contributed by atoms with Crippen LogP contribution in [0.3, 0.4) is 0 Å². The number of aryl methyl sites for hydroxylation is 1. The zero-order chi connectivity index (χ0) is 21.6. The number of methoxy groups -OCH3 is 1. The van der Waals surface area contributed by atoms with Crippen LogP contribution in [0.4, 0.5) is 18.9 Å². The highest BCUT2D eigenvalue weighted by Crippen LogP contribution is 2.43. The molecule has 0 spiro atoms. The van der Waals surface area contributed by atoms with Gasteiger partial charge in [0.05, 0.1) is 34.8 Å². The SMILES string of the molecule is CCCn1cc2nc3c(-c4ccc(OC)cc4C(F)(F)F)cccc3c(N)c2c1O. The van der Waals surface area contributed by atoms with Crippen LogP contribution in [0.1, 0.15) is 18.9 Å². The van der Waals surface area contributed by atoms with E-state index >= 15 is 0 Å². The Bertz CT molecular complexity index is 1260. The normalized spacial score (nSPS) is 12.0. The van der Waals surface area contributed by atoms with Gasteiger partial charge in [-0.05, 0) is 24.1 Å². The number of nitrogens with two attached hydrogens (primary N) is 1. The number of aromatic nitrogens is 2. The van der Waals surface area contributed by atoms with Crippen LogP contribution in [-0.4, -0.2) is 21.8 Å². The number of rotatable bonds is 4. The third-order valence-electron chi connectivity index (χ3n) is 5.14. The second-order valence-corrected chi connectivity index (χ2v) is 7.04. The summed E-state index contributed by atoms with van der Waals surface area (Å²) in [6.45, 7) is 2.54. The van der Waals surface area contributed by atoms with Crippen LogP contribution in [0.2, 0.25) is 0 Å². The number of pyridine rings is 1. The zero-order valence-electron chi connectivity index (χ0n) is 16.4. The fraction of sp³-hybridized carbons (Fsp3) is 0.227. The molecular weight excluding hydrogens is 395 g/mol. The van der Waals surface area contributed by atoms with Gasteiger partial charge in [-0.15, -0.1) is 0 Å². The summed E-state index contributed by atoms with van der Waals surface area (Å²) in [5.41, 5.74) is 6.85. The first-order chi connectivity index (χ1) is 14.3. The van der Waals surface area contributed by atoms with E-state index < -0.39 is 11.7 Å². The van der Waals surface area contributed by atoms with Crippen molar-refractivity contribution in [2.24, 2.45) is 0 Å². The minimum absolute atomic E-state index is 0.00424. The van der Waals surface area contributed by atoms with Gasteiger partial charge in [0, 0.05) is 23.7 Å². The number of alkyl halides is 3. The minimum Gasteiger partial charge on any atom is -0.497 e. The van der Waals surface area contributed by atoms with Crippen LogP contribution in [-0.2, 0) is 12.7 Å². The van der Waals surface area contributed by atoms with E-state index in [2.05, 4.69) is 4.98 Å². The highest BCUT2D eigenvalue weighted by Gasteiger charge is 2.35. The van der Waals surface area contributed by atoms with Crippen LogP contribution in [0.15, 0.2) is 42.6 Å². The molecule has 0 fully saturated rings. The maximum absolute atomic E-state index is 13.8. The molecule has 156 valence electrons. The highest BCUT2D eigenvalue weighted by atomic mass is 19.4. The van der Waals surface area contributed by atoms with E-state index in [4.69, 9.17) is 10.5 Å². The summed E-state index contributed by atoms with van der Waals surface area (Å²) < 4.78 is 48.0. The predicted molar refractivity (Wildman–Crippen MR) is 111 cm³/mol. The molecule has 3 N–H and O–H groups in total. The molecule has 0 radical (unpaired) electrons. The second-order valence-electron chi connectivity index (χ2n) is 7.04. The van der Waals surface area contributed by atoms with Crippen molar-refractivity contribution in [3.05, 3.63) is 48.2 Å². The van der Waals surface area contributed by atoms with Crippen molar-refractivity contribution in [1.82, 2.24) is 9.55 Å². The number of fused-ring (bicyclic) bond motifs is 2. The number of anilines is 1. The van der Waals surface area contributed by atoms with Crippen molar-refractivity contribution in [2.45, 2.75) is 26.1 Å². The Labute approximate surface area is 170 Å². The number of ether oxygens (including phenoxy) is 1. The molecule has 0 unspecified atom stereocenters. The summed E-state index contributed by atoms with van der Waals surface area (Å²) in [5.74, 6) is 0.118. The molecule has 2 aromatic carbocycles. The molecule has 0 bridgehead atoms. The lowest BCUT2D eigenvalue weighted by atomic mass is 9.95. The first-order valence-electron chi connectivity index (χ1n) is 9.41. The fourth-order valence-electron chi connectivity index (χ4n) is 3.76. The van der Waals surface area contributed by atoms with Crippen LogP contribution < -0.4 is 10.5 Å². The van der Waals surface area contributed by atoms with Crippen LogP contribution in [0, 0.1) is 0 Å². The number of nitrogen functional groups attached to an aromatic ring is 1. The van der Waals surface area contributed by atoms with Crippen molar-refractivity contribution in [3.8, 4) is 22.8 Å². The molecule has 0 aliphatic carbocycles. The van der Waals surface area contributed by atoms with E-state index in [0.29, 0.717) is 33.9 Å². The van der Waals surface area contributed by atoms with Crippen molar-refractivity contribution in [1.29, 1.82) is 0 Å². The van der Waals surface area contributed by atoms with Crippen LogP contribution in [0.25, 0.3) is 32.9 Å². The monoisotopic (exact) mass is 415 g/mol. The van der Waals surface area contributed by atoms with Gasteiger partial charge in [0.15, 0.2) is 0 Å². The molecule has 4 aromatic rings. The largest absolute Gasteiger partial charge is 0.497 e. The zero-order valence-corrected chi connectivity index (χ0v) is 16.4. The van der Waals surface area contributed by atoms with E-state index in [9.17, 15) is 18.3 Å². The predicted octanol–water partition coefficient (Wildman–Crippen LogP) is 5.58. The third-order valence-corrected chi connectivity index (χ3v) is 5.14. The molecule has 5 nitrogen and oxygen atoms in total. The van der Waals surface area contributed by atoms with Crippen molar-refractivity contribution >= 4 is 27.5 Å². The Balaban J connectivity index is 2.05. The Morgan fingerprint density at radius 1 is 1.17 bits per heavy atom. The van der Waals surface area contributed by atoms with Gasteiger partial charge in [0.1, 0.15) is 5.75 Å². The van der Waals surface area contributed by atoms with Gasteiger partial charge in [-0.3, -0.25) is 0 Å². The maximum atomic E-state index is 13.8. The third kappa shape index (κ3) is 3.08. The Morgan fingerprint density at radius 2 is 1.93 bits per heavy atom. The number of hydrogen-bond acceptors (Lipinski definition) is 4. The number of hydrogen-bond donors (Lipinski definition) is 2. The van der Waals surface area contributed by atoms with Gasteiger partial charge in [-0.2, -0.15) is 13.2 Å². The molecule has 4 rings (SSSR count). The highest BCUT2D eigenvalue weighted by molar-refractivity contribution is 6.12. The summed E-state index contributed by atoms with van der Waals surface area (Å²) in [7, 11) is 1.32. The fourth-order valence-corrected chi connectivity index (χ4v) is 3.76. The summed E-state index contributed by atoms with van der Waals surface area (Å²) >= 11 is 0. The molecule has 0 amide bonds. The van der Waals surface area contributed by atoms with E-state index in [1.54, 1.807) is 29.0 Å². The first kappa shape index (κ1) is 19.9. The van der Waals surface area contributed by atoms with Crippen LogP contribution >= 0.6 is 0 Å². The quantitative estimate of drug-likeness (QED) is 0.456. The Kier molecular flexibility index (Phi) is 4.72. The lowest BCUT2D eigenvalue weighted by Gasteiger charge is -2.16. The Morgan fingerprint density at radius 3 is 2.60 bits per heavy atom. The number of aromatic hydroxyl groups is 1. The van der Waals surface area contributed by atoms with Crippen molar-refractivity contribution in [3.63, 3.8) is 0 Å². The molecule has 0 aliphatic heterocycles. The van der Waals surface area contributed by atoms with Gasteiger partial charge in [0.2, 0.25) is 5.88 Å². The van der Waals surface area contributed by atoms with Crippen molar-refractivity contribution in [2.75, 3.05) is 12.8 Å². The average molecular weight is 415 g/mol. The average Bonchev–Trinajstić information content (AvgIpc) is 3.02. The summed E-state index contributed by atoms with van der Waals surface area (Å²) in [6.07, 6.45) is -2.12. The van der Waals surface area contributed by atoms with E-state index in [1.165, 1.54) is 19.2 Å². The van der Waals surface area contributed by atoms with Gasteiger partial charge < -0.3 is 20.1 Å². The van der Waals surface area contributed by atoms with Gasteiger partial charge in [0.25, 0.3) is 0 Å². The summed E-state index contributed by atoms with van der Waals surface area (Å²) in [5, 5.41) is 11.4. The van der Waals surface area contributed by atoms with E-state index in [1.807, 2.05) is 6.92 Å². The van der Waals surface area contributed by atoms with Crippen molar-refractivity contribution < 1.29 is 23.0 Å². The smallest absolute Gasteiger partial charge is 0.417 e. The number of para-hydroxylation sites is 1. The summed E-state index contributed by atoms with van der Waals surface area (Å²) in [4.78, 5) is 4.58. The maximum Gasteiger partial charge on any atom is 0.417 e. The number of nitrogens with zero attached hydrogens (tertiary/aromatic N) is 2. The Hall–Kier alpha value is -3.42.